The number of anilines is 1. The molecule has 0 aliphatic carbocycles. The molecule has 0 bridgehead atoms. The second-order valence-electron chi connectivity index (χ2n) is 5.95. The minimum absolute atomic E-state index is 0.109. The van der Waals surface area contributed by atoms with E-state index in [1.165, 1.54) is 16.8 Å². The zero-order valence-corrected chi connectivity index (χ0v) is 14.1. The Kier molecular flexibility index (Phi) is 5.81. The molecule has 11 heteroatoms. The molecule has 2 aliphatic heterocycles. The molecule has 3 rings (SSSR count). The SMILES string of the molecule is Nc1ccn([C@H]2CO[C@@H](COC(=O)CNC(=O)C3CCCN3)O2)c(=O)n1. The van der Waals surface area contributed by atoms with Crippen LogP contribution in [0.1, 0.15) is 19.1 Å². The van der Waals surface area contributed by atoms with Gasteiger partial charge in [0.05, 0.1) is 12.6 Å². The van der Waals surface area contributed by atoms with Crippen molar-refractivity contribution in [1.82, 2.24) is 20.2 Å². The largest absolute Gasteiger partial charge is 0.459 e. The van der Waals surface area contributed by atoms with E-state index in [1.807, 2.05) is 0 Å². The zero-order valence-electron chi connectivity index (χ0n) is 14.1. The number of nitrogens with one attached hydrogen (secondary N) is 2. The van der Waals surface area contributed by atoms with Gasteiger partial charge in [-0.05, 0) is 25.5 Å². The first-order chi connectivity index (χ1) is 12.5. The van der Waals surface area contributed by atoms with Crippen LogP contribution in [0.2, 0.25) is 0 Å². The van der Waals surface area contributed by atoms with Crippen molar-refractivity contribution < 1.29 is 23.8 Å². The molecule has 11 nitrogen and oxygen atoms in total. The lowest BCUT2D eigenvalue weighted by atomic mass is 10.2. The molecular weight excluding hydrogens is 346 g/mol. The van der Waals surface area contributed by atoms with Crippen LogP contribution in [-0.2, 0) is 23.8 Å². The number of hydrogen-bond donors (Lipinski definition) is 3. The number of nitrogen functional groups attached to an aromatic ring is 1. The Morgan fingerprint density at radius 3 is 3.08 bits per heavy atom. The molecule has 26 heavy (non-hydrogen) atoms. The maximum absolute atomic E-state index is 11.8. The number of aromatic nitrogens is 2. The van der Waals surface area contributed by atoms with E-state index in [1.54, 1.807) is 0 Å². The predicted molar refractivity (Wildman–Crippen MR) is 87.8 cm³/mol. The normalized spacial score (nSPS) is 25.2. The smallest absolute Gasteiger partial charge is 0.351 e. The van der Waals surface area contributed by atoms with Crippen LogP contribution in [0.5, 0.6) is 0 Å². The van der Waals surface area contributed by atoms with Crippen molar-refractivity contribution in [3.05, 3.63) is 22.7 Å². The van der Waals surface area contributed by atoms with Gasteiger partial charge in [-0.25, -0.2) is 4.79 Å². The number of hydrogen-bond acceptors (Lipinski definition) is 9. The molecule has 2 aliphatic rings. The van der Waals surface area contributed by atoms with E-state index in [0.717, 1.165) is 19.4 Å². The van der Waals surface area contributed by atoms with Gasteiger partial charge in [0.15, 0.2) is 12.5 Å². The first-order valence-corrected chi connectivity index (χ1v) is 8.31. The summed E-state index contributed by atoms with van der Waals surface area (Å²) in [6.45, 7) is 0.531. The van der Waals surface area contributed by atoms with Gasteiger partial charge in [-0.2, -0.15) is 4.98 Å². The van der Waals surface area contributed by atoms with Crippen molar-refractivity contribution in [2.75, 3.05) is 32.0 Å². The lowest BCUT2D eigenvalue weighted by Gasteiger charge is -2.14. The van der Waals surface area contributed by atoms with Gasteiger partial charge in [-0.15, -0.1) is 0 Å². The van der Waals surface area contributed by atoms with Crippen molar-refractivity contribution in [2.24, 2.45) is 0 Å². The Balaban J connectivity index is 1.39. The van der Waals surface area contributed by atoms with E-state index in [2.05, 4.69) is 15.6 Å². The number of amides is 1. The zero-order chi connectivity index (χ0) is 18.5. The number of nitrogens with zero attached hydrogens (tertiary/aromatic N) is 2. The molecule has 1 aromatic heterocycles. The van der Waals surface area contributed by atoms with Crippen LogP contribution in [0.3, 0.4) is 0 Å². The van der Waals surface area contributed by atoms with E-state index in [0.29, 0.717) is 0 Å². The Hall–Kier alpha value is -2.50. The highest BCUT2D eigenvalue weighted by atomic mass is 16.7. The number of esters is 1. The molecule has 2 saturated heterocycles. The maximum Gasteiger partial charge on any atom is 0.351 e. The quantitative estimate of drug-likeness (QED) is 0.491. The number of rotatable bonds is 6. The van der Waals surface area contributed by atoms with E-state index >= 15 is 0 Å². The highest BCUT2D eigenvalue weighted by molar-refractivity contribution is 5.85. The van der Waals surface area contributed by atoms with Gasteiger partial charge >= 0.3 is 11.7 Å². The van der Waals surface area contributed by atoms with Crippen molar-refractivity contribution in [1.29, 1.82) is 0 Å². The van der Waals surface area contributed by atoms with Crippen LogP contribution in [0, 0.1) is 0 Å². The highest BCUT2D eigenvalue weighted by Gasteiger charge is 2.29. The third-order valence-electron chi connectivity index (χ3n) is 4.06. The molecule has 1 unspecified atom stereocenters. The summed E-state index contributed by atoms with van der Waals surface area (Å²) in [7, 11) is 0. The lowest BCUT2D eigenvalue weighted by molar-refractivity contribution is -0.158. The second-order valence-corrected chi connectivity index (χ2v) is 5.95. The van der Waals surface area contributed by atoms with Crippen molar-refractivity contribution in [3.8, 4) is 0 Å². The standard InChI is InChI=1S/C15H21N5O6/c16-10-3-5-20(15(23)19-10)11-7-25-13(26-11)8-24-12(21)6-18-14(22)9-2-1-4-17-9/h3,5,9,11,13,17H,1-2,4,6-8H2,(H,18,22)(H2,16,19,23)/t9?,11-,13-/m1/s1. The molecule has 3 heterocycles. The first kappa shape index (κ1) is 18.3. The van der Waals surface area contributed by atoms with E-state index in [-0.39, 0.29) is 37.5 Å². The maximum atomic E-state index is 11.8. The fourth-order valence-corrected chi connectivity index (χ4v) is 2.72. The number of carbonyl (C=O) groups excluding carboxylic acids is 2. The van der Waals surface area contributed by atoms with Crippen LogP contribution < -0.4 is 22.1 Å². The molecule has 1 aromatic rings. The van der Waals surface area contributed by atoms with Gasteiger partial charge in [-0.3, -0.25) is 14.2 Å². The minimum atomic E-state index is -0.805. The van der Waals surface area contributed by atoms with Gasteiger partial charge in [0.25, 0.3) is 0 Å². The fourth-order valence-electron chi connectivity index (χ4n) is 2.72. The molecule has 0 spiro atoms. The van der Waals surface area contributed by atoms with Crippen molar-refractivity contribution in [2.45, 2.75) is 31.4 Å². The Morgan fingerprint density at radius 2 is 2.35 bits per heavy atom. The molecule has 1 amide bonds. The van der Waals surface area contributed by atoms with Gasteiger partial charge in [0.1, 0.15) is 19.0 Å². The summed E-state index contributed by atoms with van der Waals surface area (Å²) in [6, 6.07) is 1.22. The summed E-state index contributed by atoms with van der Waals surface area (Å²) in [5.41, 5.74) is 4.88. The molecule has 2 fully saturated rings. The van der Waals surface area contributed by atoms with Crippen LogP contribution in [0.15, 0.2) is 17.1 Å². The Bertz CT molecular complexity index is 717. The lowest BCUT2D eigenvalue weighted by Crippen LogP contribution is -2.42. The number of nitrogens with two attached hydrogens (primary N) is 1. The van der Waals surface area contributed by atoms with Gasteiger partial charge in [-0.1, -0.05) is 0 Å². The molecule has 0 saturated carbocycles. The molecule has 3 atom stereocenters. The summed E-state index contributed by atoms with van der Waals surface area (Å²) >= 11 is 0. The molecular formula is C15H21N5O6. The van der Waals surface area contributed by atoms with Crippen molar-refractivity contribution in [3.63, 3.8) is 0 Å². The average Bonchev–Trinajstić information content (AvgIpc) is 3.29. The molecule has 0 aromatic carbocycles. The topological polar surface area (TPSA) is 147 Å². The first-order valence-electron chi connectivity index (χ1n) is 8.31. The number of ether oxygens (including phenoxy) is 3. The third-order valence-corrected chi connectivity index (χ3v) is 4.06. The van der Waals surface area contributed by atoms with Crippen LogP contribution >= 0.6 is 0 Å². The summed E-state index contributed by atoms with van der Waals surface area (Å²) in [5, 5.41) is 5.56. The molecule has 4 N–H and O–H groups in total. The van der Waals surface area contributed by atoms with Crippen LogP contribution in [0.25, 0.3) is 0 Å². The summed E-state index contributed by atoms with van der Waals surface area (Å²) in [4.78, 5) is 38.9. The van der Waals surface area contributed by atoms with Gasteiger partial charge < -0.3 is 30.6 Å². The highest BCUT2D eigenvalue weighted by Crippen LogP contribution is 2.19. The fraction of sp³-hybridized carbons (Fsp3) is 0.600. The molecule has 0 radical (unpaired) electrons. The van der Waals surface area contributed by atoms with E-state index < -0.39 is 24.2 Å². The van der Waals surface area contributed by atoms with Crippen LogP contribution in [0.4, 0.5) is 5.82 Å². The van der Waals surface area contributed by atoms with Crippen molar-refractivity contribution >= 4 is 17.7 Å². The van der Waals surface area contributed by atoms with Gasteiger partial charge in [0, 0.05) is 6.20 Å². The van der Waals surface area contributed by atoms with Crippen LogP contribution in [-0.4, -0.2) is 60.1 Å². The third kappa shape index (κ3) is 4.56. The summed E-state index contributed by atoms with van der Waals surface area (Å²) in [6.07, 6.45) is 1.67. The summed E-state index contributed by atoms with van der Waals surface area (Å²) in [5.74, 6) is -0.702. The Labute approximate surface area is 148 Å². The van der Waals surface area contributed by atoms with E-state index in [4.69, 9.17) is 19.9 Å². The van der Waals surface area contributed by atoms with Gasteiger partial charge in [0.2, 0.25) is 5.91 Å². The Morgan fingerprint density at radius 1 is 1.50 bits per heavy atom. The predicted octanol–water partition coefficient (Wildman–Crippen LogP) is -1.89. The summed E-state index contributed by atoms with van der Waals surface area (Å²) < 4.78 is 17.1. The molecule has 142 valence electrons. The second kappa shape index (κ2) is 8.25. The number of carbonyl (C=O) groups is 2. The minimum Gasteiger partial charge on any atom is -0.459 e. The monoisotopic (exact) mass is 367 g/mol. The average molecular weight is 367 g/mol. The van der Waals surface area contributed by atoms with E-state index in [9.17, 15) is 14.4 Å².